The number of amides is 5. The van der Waals surface area contributed by atoms with Crippen LogP contribution in [0, 0.1) is 9.39 Å². The largest absolute Gasteiger partial charge is 0.490 e. The number of halogens is 2. The summed E-state index contributed by atoms with van der Waals surface area (Å²) in [5.41, 5.74) is 0.946. The normalized spacial score (nSPS) is 14.3. The van der Waals surface area contributed by atoms with Crippen LogP contribution in [0.3, 0.4) is 0 Å². The van der Waals surface area contributed by atoms with Gasteiger partial charge in [-0.15, -0.1) is 0 Å². The third-order valence-corrected chi connectivity index (χ3v) is 6.04. The van der Waals surface area contributed by atoms with E-state index in [1.165, 1.54) is 30.3 Å². The van der Waals surface area contributed by atoms with Crippen LogP contribution in [-0.4, -0.2) is 37.0 Å². The minimum Gasteiger partial charge on any atom is -0.490 e. The molecule has 194 valence electrons. The molecule has 0 bridgehead atoms. The zero-order valence-corrected chi connectivity index (χ0v) is 22.2. The van der Waals surface area contributed by atoms with Crippen LogP contribution in [0.5, 0.6) is 11.5 Å². The van der Waals surface area contributed by atoms with Gasteiger partial charge < -0.3 is 14.8 Å². The van der Waals surface area contributed by atoms with Gasteiger partial charge in [-0.1, -0.05) is 18.2 Å². The highest BCUT2D eigenvalue weighted by atomic mass is 127. The Morgan fingerprint density at radius 1 is 1.05 bits per heavy atom. The molecule has 1 saturated heterocycles. The first-order valence-corrected chi connectivity index (χ1v) is 12.5. The van der Waals surface area contributed by atoms with E-state index in [0.717, 1.165) is 4.90 Å². The van der Waals surface area contributed by atoms with Gasteiger partial charge in [-0.25, -0.2) is 14.1 Å². The Hall–Kier alpha value is -4.26. The van der Waals surface area contributed by atoms with Gasteiger partial charge in [0.25, 0.3) is 17.7 Å². The third kappa shape index (κ3) is 6.17. The molecule has 0 spiro atoms. The fraction of sp³-hybridized carbons (Fsp3) is 0.111. The Kier molecular flexibility index (Phi) is 8.36. The minimum atomic E-state index is -0.837. The number of carbonyl (C=O) groups excluding carboxylic acids is 4. The van der Waals surface area contributed by atoms with Crippen molar-refractivity contribution in [3.8, 4) is 11.5 Å². The Bertz CT molecular complexity index is 1430. The van der Waals surface area contributed by atoms with E-state index in [4.69, 9.17) is 9.47 Å². The van der Waals surface area contributed by atoms with Crippen LogP contribution in [0.25, 0.3) is 6.08 Å². The topological polar surface area (TPSA) is 114 Å². The van der Waals surface area contributed by atoms with Gasteiger partial charge in [-0.3, -0.25) is 19.7 Å². The van der Waals surface area contributed by atoms with Gasteiger partial charge in [-0.05, 0) is 89.7 Å². The number of rotatable bonds is 8. The summed E-state index contributed by atoms with van der Waals surface area (Å²) in [6.45, 7) is 1.71. The lowest BCUT2D eigenvalue weighted by atomic mass is 10.1. The number of hydrogen-bond acceptors (Lipinski definition) is 6. The van der Waals surface area contributed by atoms with Crippen molar-refractivity contribution < 1.29 is 33.0 Å². The molecule has 1 aliphatic rings. The van der Waals surface area contributed by atoms with Crippen LogP contribution >= 0.6 is 22.6 Å². The lowest BCUT2D eigenvalue weighted by molar-refractivity contribution is -0.122. The van der Waals surface area contributed by atoms with Gasteiger partial charge in [0, 0.05) is 5.69 Å². The van der Waals surface area contributed by atoms with Gasteiger partial charge in [0.05, 0.1) is 15.9 Å². The Morgan fingerprint density at radius 3 is 2.45 bits per heavy atom. The molecule has 0 saturated carbocycles. The van der Waals surface area contributed by atoms with Crippen molar-refractivity contribution in [3.63, 3.8) is 0 Å². The Balaban J connectivity index is 1.57. The molecule has 11 heteroatoms. The van der Waals surface area contributed by atoms with Gasteiger partial charge >= 0.3 is 6.03 Å². The summed E-state index contributed by atoms with van der Waals surface area (Å²) in [5, 5.41) is 4.80. The van der Waals surface area contributed by atoms with Crippen LogP contribution in [0.1, 0.15) is 12.5 Å². The molecule has 38 heavy (non-hydrogen) atoms. The third-order valence-electron chi connectivity index (χ3n) is 5.23. The number of para-hydroxylation sites is 1. The van der Waals surface area contributed by atoms with Crippen molar-refractivity contribution in [1.29, 1.82) is 0 Å². The smallest absolute Gasteiger partial charge is 0.335 e. The lowest BCUT2D eigenvalue weighted by Gasteiger charge is -2.26. The minimum absolute atomic E-state index is 0.237. The first-order valence-electron chi connectivity index (χ1n) is 11.4. The average Bonchev–Trinajstić information content (AvgIpc) is 2.88. The van der Waals surface area contributed by atoms with Gasteiger partial charge in [0.1, 0.15) is 11.4 Å². The molecular weight excluding hydrogens is 608 g/mol. The van der Waals surface area contributed by atoms with Crippen LogP contribution in [-0.2, 0) is 14.4 Å². The summed E-state index contributed by atoms with van der Waals surface area (Å²) in [5.74, 6) is -1.88. The fourth-order valence-corrected chi connectivity index (χ4v) is 4.36. The molecule has 3 aromatic rings. The predicted octanol–water partition coefficient (Wildman–Crippen LogP) is 4.51. The number of benzene rings is 3. The maximum atomic E-state index is 13.1. The molecule has 0 atom stereocenters. The van der Waals surface area contributed by atoms with E-state index < -0.39 is 29.6 Å². The van der Waals surface area contributed by atoms with E-state index in [9.17, 15) is 23.6 Å². The van der Waals surface area contributed by atoms with Crippen molar-refractivity contribution in [3.05, 3.63) is 87.3 Å². The number of nitrogens with zero attached hydrogens (tertiary/aromatic N) is 1. The van der Waals surface area contributed by atoms with Crippen molar-refractivity contribution in [2.45, 2.75) is 6.92 Å². The molecular formula is C27H21FIN3O6. The van der Waals surface area contributed by atoms with Crippen molar-refractivity contribution in [2.75, 3.05) is 23.4 Å². The standard InChI is InChI=1S/C27H21FIN3O6/c1-2-37-22-14-16(12-20-25(34)31-27(36)32(26(20)35)19-6-4-3-5-7-19)13-21(29)24(22)38-15-23(33)30-18-10-8-17(28)9-11-18/h3-14H,2,15H2,1H3,(H,30,33)(H,31,34,36)/b20-12-. The molecule has 3 aromatic carbocycles. The number of nitrogens with one attached hydrogen (secondary N) is 2. The highest BCUT2D eigenvalue weighted by molar-refractivity contribution is 14.1. The first kappa shape index (κ1) is 26.8. The van der Waals surface area contributed by atoms with Gasteiger partial charge in [0.15, 0.2) is 18.1 Å². The van der Waals surface area contributed by atoms with Crippen molar-refractivity contribution in [2.24, 2.45) is 0 Å². The fourth-order valence-electron chi connectivity index (χ4n) is 3.58. The summed E-state index contributed by atoms with van der Waals surface area (Å²) in [7, 11) is 0. The highest BCUT2D eigenvalue weighted by Crippen LogP contribution is 2.35. The quantitative estimate of drug-likeness (QED) is 0.216. The van der Waals surface area contributed by atoms with E-state index in [1.807, 2.05) is 22.6 Å². The molecule has 0 unspecified atom stereocenters. The second-order valence-electron chi connectivity index (χ2n) is 7.90. The number of anilines is 2. The van der Waals surface area contributed by atoms with Crippen LogP contribution in [0.2, 0.25) is 0 Å². The maximum Gasteiger partial charge on any atom is 0.335 e. The van der Waals surface area contributed by atoms with Crippen LogP contribution in [0.4, 0.5) is 20.6 Å². The summed E-state index contributed by atoms with van der Waals surface area (Å²) in [4.78, 5) is 51.2. The van der Waals surface area contributed by atoms with Gasteiger partial charge in [-0.2, -0.15) is 0 Å². The molecule has 5 amide bonds. The number of carbonyl (C=O) groups is 4. The van der Waals surface area contributed by atoms with E-state index in [1.54, 1.807) is 49.4 Å². The van der Waals surface area contributed by atoms with E-state index in [2.05, 4.69) is 10.6 Å². The van der Waals surface area contributed by atoms with Crippen LogP contribution in [0.15, 0.2) is 72.3 Å². The number of ether oxygens (including phenoxy) is 2. The molecule has 0 aromatic heterocycles. The molecule has 4 rings (SSSR count). The number of urea groups is 1. The molecule has 2 N–H and O–H groups in total. The van der Waals surface area contributed by atoms with E-state index in [-0.39, 0.29) is 18.8 Å². The summed E-state index contributed by atoms with van der Waals surface area (Å²) in [6.07, 6.45) is 1.36. The first-order chi connectivity index (χ1) is 18.3. The number of barbiturate groups is 1. The second kappa shape index (κ2) is 11.9. The van der Waals surface area contributed by atoms with E-state index in [0.29, 0.717) is 32.0 Å². The molecule has 0 aliphatic carbocycles. The Morgan fingerprint density at radius 2 is 1.76 bits per heavy atom. The second-order valence-corrected chi connectivity index (χ2v) is 9.06. The molecule has 0 radical (unpaired) electrons. The zero-order chi connectivity index (χ0) is 27.2. The predicted molar refractivity (Wildman–Crippen MR) is 146 cm³/mol. The van der Waals surface area contributed by atoms with Crippen molar-refractivity contribution >= 4 is 63.8 Å². The number of hydrogen-bond donors (Lipinski definition) is 2. The molecule has 1 fully saturated rings. The van der Waals surface area contributed by atoms with E-state index >= 15 is 0 Å². The highest BCUT2D eigenvalue weighted by Gasteiger charge is 2.36. The monoisotopic (exact) mass is 629 g/mol. The molecule has 1 aliphatic heterocycles. The lowest BCUT2D eigenvalue weighted by Crippen LogP contribution is -2.54. The SMILES string of the molecule is CCOc1cc(/C=C2/C(=O)NC(=O)N(c3ccccc3)C2=O)cc(I)c1OCC(=O)Nc1ccc(F)cc1. The van der Waals surface area contributed by atoms with Crippen LogP contribution < -0.4 is 25.0 Å². The van der Waals surface area contributed by atoms with Crippen molar-refractivity contribution in [1.82, 2.24) is 5.32 Å². The molecule has 9 nitrogen and oxygen atoms in total. The average molecular weight is 629 g/mol. The summed E-state index contributed by atoms with van der Waals surface area (Å²) >= 11 is 1.99. The number of imide groups is 2. The molecule has 1 heterocycles. The Labute approximate surface area is 230 Å². The van der Waals surface area contributed by atoms with Gasteiger partial charge in [0.2, 0.25) is 0 Å². The maximum absolute atomic E-state index is 13.1. The zero-order valence-electron chi connectivity index (χ0n) is 20.0. The summed E-state index contributed by atoms with van der Waals surface area (Å²) < 4.78 is 25.0. The summed E-state index contributed by atoms with van der Waals surface area (Å²) in [6, 6.07) is 15.9.